The third-order valence-corrected chi connectivity index (χ3v) is 10.7. The number of hydrogen-bond donors (Lipinski definition) is 0. The lowest BCUT2D eigenvalue weighted by molar-refractivity contribution is 1.28. The van der Waals surface area contributed by atoms with E-state index in [-0.39, 0.29) is 16.4 Å². The van der Waals surface area contributed by atoms with E-state index in [1.807, 2.05) is 18.2 Å². The summed E-state index contributed by atoms with van der Waals surface area (Å²) in [5, 5.41) is 4.51. The molecule has 0 aliphatic heterocycles. The fourth-order valence-corrected chi connectivity index (χ4v) is 7.89. The molecular formula is C50H30B5N. The van der Waals surface area contributed by atoms with Crippen LogP contribution in [0.3, 0.4) is 0 Å². The first-order valence-electron chi connectivity index (χ1n) is 18.5. The molecule has 0 fully saturated rings. The summed E-state index contributed by atoms with van der Waals surface area (Å²) >= 11 is 0. The van der Waals surface area contributed by atoms with E-state index in [0.29, 0.717) is 16.5 Å². The summed E-state index contributed by atoms with van der Waals surface area (Å²) in [5.41, 5.74) is 12.6. The third-order valence-electron chi connectivity index (χ3n) is 10.7. The van der Waals surface area contributed by atoms with Crippen LogP contribution in [-0.4, -0.2) is 39.2 Å². The Labute approximate surface area is 335 Å². The lowest BCUT2D eigenvalue weighted by Gasteiger charge is -2.26. The molecule has 0 aliphatic rings. The highest BCUT2D eigenvalue weighted by Gasteiger charge is 2.18. The highest BCUT2D eigenvalue weighted by Crippen LogP contribution is 2.39. The molecule has 9 aromatic carbocycles. The highest BCUT2D eigenvalue weighted by atomic mass is 15.1. The van der Waals surface area contributed by atoms with Gasteiger partial charge in [0, 0.05) is 17.1 Å². The Balaban J connectivity index is 1.08. The fourth-order valence-electron chi connectivity index (χ4n) is 7.89. The van der Waals surface area contributed by atoms with Crippen LogP contribution in [0, 0.1) is 0 Å². The lowest BCUT2D eigenvalue weighted by Crippen LogP contribution is -2.55. The molecule has 0 aromatic heterocycles. The van der Waals surface area contributed by atoms with Crippen molar-refractivity contribution < 1.29 is 0 Å². The molecule has 0 atom stereocenters. The topological polar surface area (TPSA) is 3.24 Å². The van der Waals surface area contributed by atoms with E-state index in [1.165, 1.54) is 21.9 Å². The van der Waals surface area contributed by atoms with Gasteiger partial charge in [0.05, 0.1) is 0 Å². The zero-order valence-electron chi connectivity index (χ0n) is 30.7. The Bertz CT molecular complexity index is 2870. The number of anilines is 3. The zero-order valence-corrected chi connectivity index (χ0v) is 30.7. The molecule has 0 unspecified atom stereocenters. The summed E-state index contributed by atoms with van der Waals surface area (Å²) in [6.07, 6.45) is 0. The van der Waals surface area contributed by atoms with Crippen LogP contribution in [0.1, 0.15) is 0 Å². The predicted molar refractivity (Wildman–Crippen MR) is 245 cm³/mol. The minimum atomic E-state index is 0.199. The normalized spacial score (nSPS) is 11.2. The molecule has 0 spiro atoms. The van der Waals surface area contributed by atoms with Crippen LogP contribution >= 0.6 is 0 Å². The molecule has 9 aromatic rings. The summed E-state index contributed by atoms with van der Waals surface area (Å²) < 4.78 is 0. The van der Waals surface area contributed by atoms with Crippen molar-refractivity contribution in [3.63, 3.8) is 0 Å². The molecular weight excluding hydrogens is 669 g/mol. The van der Waals surface area contributed by atoms with Crippen LogP contribution in [-0.2, 0) is 0 Å². The Morgan fingerprint density at radius 3 is 1.46 bits per heavy atom. The Hall–Kier alpha value is -6.38. The Morgan fingerprint density at radius 1 is 0.304 bits per heavy atom. The fraction of sp³-hybridized carbons (Fsp3) is 0. The van der Waals surface area contributed by atoms with Crippen LogP contribution < -0.4 is 32.2 Å². The van der Waals surface area contributed by atoms with Gasteiger partial charge in [-0.25, -0.2) is 0 Å². The van der Waals surface area contributed by atoms with E-state index in [9.17, 15) is 0 Å². The summed E-state index contributed by atoms with van der Waals surface area (Å²) in [5.74, 6) is 0. The number of fused-ring (bicyclic) bond motifs is 2. The van der Waals surface area contributed by atoms with E-state index in [1.54, 1.807) is 0 Å². The summed E-state index contributed by atoms with van der Waals surface area (Å²) in [4.78, 5) is 2.29. The van der Waals surface area contributed by atoms with Crippen molar-refractivity contribution in [1.29, 1.82) is 0 Å². The first kappa shape index (κ1) is 35.3. The van der Waals surface area contributed by atoms with Gasteiger partial charge in [-0.15, -0.1) is 16.4 Å². The minimum Gasteiger partial charge on any atom is -0.311 e. The van der Waals surface area contributed by atoms with Gasteiger partial charge in [-0.05, 0) is 109 Å². The van der Waals surface area contributed by atoms with Crippen molar-refractivity contribution in [2.24, 2.45) is 0 Å². The summed E-state index contributed by atoms with van der Waals surface area (Å²) in [7, 11) is 31.9. The van der Waals surface area contributed by atoms with E-state index in [0.717, 1.165) is 55.7 Å². The van der Waals surface area contributed by atoms with Crippen molar-refractivity contribution in [2.75, 3.05) is 4.90 Å². The van der Waals surface area contributed by atoms with Crippen LogP contribution in [0.4, 0.5) is 17.1 Å². The first-order valence-corrected chi connectivity index (χ1v) is 18.5. The molecule has 56 heavy (non-hydrogen) atoms. The van der Waals surface area contributed by atoms with Crippen molar-refractivity contribution in [3.05, 3.63) is 182 Å². The molecule has 0 N–H and O–H groups in total. The number of benzene rings is 9. The second-order valence-corrected chi connectivity index (χ2v) is 14.0. The average Bonchev–Trinajstić information content (AvgIpc) is 3.26. The van der Waals surface area contributed by atoms with Gasteiger partial charge >= 0.3 is 0 Å². The van der Waals surface area contributed by atoms with Gasteiger partial charge in [0.2, 0.25) is 0 Å². The zero-order chi connectivity index (χ0) is 38.3. The van der Waals surface area contributed by atoms with Gasteiger partial charge in [-0.1, -0.05) is 150 Å². The first-order chi connectivity index (χ1) is 27.4. The summed E-state index contributed by atoms with van der Waals surface area (Å²) in [6, 6.07) is 64.0. The van der Waals surface area contributed by atoms with Gasteiger partial charge in [-0.2, -0.15) is 0 Å². The van der Waals surface area contributed by atoms with E-state index in [4.69, 9.17) is 39.2 Å². The largest absolute Gasteiger partial charge is 0.311 e. The molecule has 0 aliphatic carbocycles. The van der Waals surface area contributed by atoms with Gasteiger partial charge in [0.1, 0.15) is 39.2 Å². The van der Waals surface area contributed by atoms with Gasteiger partial charge in [0.15, 0.2) is 0 Å². The predicted octanol–water partition coefficient (Wildman–Crippen LogP) is 8.10. The molecule has 0 heterocycles. The lowest BCUT2D eigenvalue weighted by atomic mass is 9.59. The number of nitrogens with zero attached hydrogens (tertiary/aromatic N) is 1. The number of hydrogen-bond acceptors (Lipinski definition) is 1. The highest BCUT2D eigenvalue weighted by molar-refractivity contribution is 6.68. The molecule has 250 valence electrons. The molecule has 0 saturated carbocycles. The van der Waals surface area contributed by atoms with Gasteiger partial charge < -0.3 is 4.90 Å². The van der Waals surface area contributed by atoms with E-state index in [2.05, 4.69) is 169 Å². The second kappa shape index (κ2) is 14.7. The van der Waals surface area contributed by atoms with Crippen LogP contribution in [0.15, 0.2) is 182 Å². The molecule has 0 saturated heterocycles. The molecule has 10 radical (unpaired) electrons. The minimum absolute atomic E-state index is 0.199. The SMILES string of the molecule is [B]c1c([B])c([B])c(-c2cccc3cccc(-c4cccc(-c5ccc(N(c6ccccc6)c6ccc(-c7cccc8ccccc78)cc6)cc5)c4)c23)c([B])c1[B]. The van der Waals surface area contributed by atoms with E-state index >= 15 is 0 Å². The molecule has 0 bridgehead atoms. The Kier molecular flexibility index (Phi) is 9.27. The quantitative estimate of drug-likeness (QED) is 0.152. The molecule has 9 rings (SSSR count). The smallest absolute Gasteiger partial charge is 0.113 e. The third kappa shape index (κ3) is 6.26. The van der Waals surface area contributed by atoms with Crippen molar-refractivity contribution in [1.82, 2.24) is 0 Å². The van der Waals surface area contributed by atoms with Crippen LogP contribution in [0.25, 0.3) is 66.1 Å². The average molecular weight is 699 g/mol. The Morgan fingerprint density at radius 2 is 0.786 bits per heavy atom. The van der Waals surface area contributed by atoms with Crippen molar-refractivity contribution in [2.45, 2.75) is 0 Å². The van der Waals surface area contributed by atoms with Crippen LogP contribution in [0.2, 0.25) is 0 Å². The van der Waals surface area contributed by atoms with E-state index < -0.39 is 0 Å². The monoisotopic (exact) mass is 699 g/mol. The van der Waals surface area contributed by atoms with Crippen molar-refractivity contribution in [3.8, 4) is 44.5 Å². The molecule has 0 amide bonds. The van der Waals surface area contributed by atoms with Gasteiger partial charge in [0.25, 0.3) is 0 Å². The van der Waals surface area contributed by atoms with Crippen LogP contribution in [0.5, 0.6) is 0 Å². The molecule has 6 heteroatoms. The number of para-hydroxylation sites is 1. The maximum absolute atomic E-state index is 6.58. The second-order valence-electron chi connectivity index (χ2n) is 14.0. The van der Waals surface area contributed by atoms with Crippen molar-refractivity contribution >= 4 is 105 Å². The maximum atomic E-state index is 6.58. The number of rotatable bonds is 7. The summed E-state index contributed by atoms with van der Waals surface area (Å²) in [6.45, 7) is 0. The molecule has 1 nitrogen and oxygen atoms in total. The standard InChI is InChI=1S/C50H30B5N/c51-46-45(47(52)49(54)50(55)48(46)53)43-21-9-13-34-12-8-20-42(44(34)43)36-15-6-14-35(30-36)31-22-26-38(27-23-31)56(37-16-2-1-3-17-37)39-28-24-33(25-29-39)41-19-7-11-32-10-4-5-18-40(32)41/h1-30H. The van der Waals surface area contributed by atoms with Gasteiger partial charge in [-0.3, -0.25) is 0 Å². The maximum Gasteiger partial charge on any atom is 0.113 e.